The monoisotopic (exact) mass is 428 g/mol. The van der Waals surface area contributed by atoms with Crippen molar-refractivity contribution in [3.8, 4) is 0 Å². The van der Waals surface area contributed by atoms with Crippen molar-refractivity contribution in [1.82, 2.24) is 14.6 Å². The summed E-state index contributed by atoms with van der Waals surface area (Å²) in [6, 6.07) is 2.95. The third-order valence-electron chi connectivity index (χ3n) is 4.80. The Morgan fingerprint density at radius 3 is 2.59 bits per heavy atom. The number of thiazole rings is 1. The number of aromatic nitrogens is 1. The van der Waals surface area contributed by atoms with E-state index in [0.29, 0.717) is 35.3 Å². The van der Waals surface area contributed by atoms with Crippen LogP contribution < -0.4 is 10.0 Å². The standard InChI is InChI=1S/C17H24N4O3S3/c1-11-13(3)26-17(18-11)19-16(22)12(2)21-8-6-14(7-9-21)20-27(23,24)15-5-4-10-25-15/h4-5,10,12,14,20H,6-9H2,1-3H3,(H,18,19,22). The van der Waals surface area contributed by atoms with E-state index in [2.05, 4.69) is 19.9 Å². The Morgan fingerprint density at radius 2 is 2.04 bits per heavy atom. The maximum atomic E-state index is 12.5. The molecule has 1 unspecified atom stereocenters. The second-order valence-corrected chi connectivity index (χ2v) is 10.8. The Balaban J connectivity index is 1.51. The highest BCUT2D eigenvalue weighted by molar-refractivity contribution is 7.91. The lowest BCUT2D eigenvalue weighted by atomic mass is 10.0. The molecule has 3 heterocycles. The average Bonchev–Trinajstić information content (AvgIpc) is 3.26. The first-order valence-corrected chi connectivity index (χ1v) is 12.0. The van der Waals surface area contributed by atoms with Crippen LogP contribution in [0.5, 0.6) is 0 Å². The molecular weight excluding hydrogens is 404 g/mol. The van der Waals surface area contributed by atoms with Gasteiger partial charge in [0.1, 0.15) is 4.21 Å². The van der Waals surface area contributed by atoms with Crippen molar-refractivity contribution >= 4 is 43.7 Å². The molecule has 2 aromatic heterocycles. The van der Waals surface area contributed by atoms with Gasteiger partial charge in [-0.15, -0.1) is 22.7 Å². The molecule has 0 aliphatic carbocycles. The smallest absolute Gasteiger partial charge is 0.250 e. The molecule has 0 spiro atoms. The zero-order valence-corrected chi connectivity index (χ0v) is 18.0. The summed E-state index contributed by atoms with van der Waals surface area (Å²) < 4.78 is 27.8. The maximum absolute atomic E-state index is 12.5. The van der Waals surface area contributed by atoms with Crippen molar-refractivity contribution in [2.24, 2.45) is 0 Å². The molecule has 148 valence electrons. The largest absolute Gasteiger partial charge is 0.301 e. The first-order chi connectivity index (χ1) is 12.8. The van der Waals surface area contributed by atoms with Crippen molar-refractivity contribution in [2.45, 2.75) is 49.9 Å². The van der Waals surface area contributed by atoms with Crippen molar-refractivity contribution in [2.75, 3.05) is 18.4 Å². The fourth-order valence-electron chi connectivity index (χ4n) is 3.00. The molecule has 2 aromatic rings. The van der Waals surface area contributed by atoms with Gasteiger partial charge in [-0.25, -0.2) is 18.1 Å². The summed E-state index contributed by atoms with van der Waals surface area (Å²) in [5, 5.41) is 5.26. The topological polar surface area (TPSA) is 91.4 Å². The summed E-state index contributed by atoms with van der Waals surface area (Å²) in [6.45, 7) is 7.12. The van der Waals surface area contributed by atoms with Gasteiger partial charge in [0.15, 0.2) is 5.13 Å². The molecule has 0 saturated carbocycles. The van der Waals surface area contributed by atoms with Crippen molar-refractivity contribution < 1.29 is 13.2 Å². The van der Waals surface area contributed by atoms with Gasteiger partial charge in [0.25, 0.3) is 0 Å². The zero-order valence-electron chi connectivity index (χ0n) is 15.6. The number of thiophene rings is 1. The SMILES string of the molecule is Cc1nc(NC(=O)C(C)N2CCC(NS(=O)(=O)c3cccs3)CC2)sc1C. The Morgan fingerprint density at radius 1 is 1.33 bits per heavy atom. The minimum absolute atomic E-state index is 0.0821. The number of rotatable bonds is 6. The summed E-state index contributed by atoms with van der Waals surface area (Å²) in [4.78, 5) is 20.0. The van der Waals surface area contributed by atoms with Gasteiger partial charge in [-0.2, -0.15) is 0 Å². The Labute approximate surface area is 167 Å². The third-order valence-corrected chi connectivity index (χ3v) is 8.70. The number of piperidine rings is 1. The lowest BCUT2D eigenvalue weighted by Gasteiger charge is -2.35. The number of likely N-dealkylation sites (tertiary alicyclic amines) is 1. The summed E-state index contributed by atoms with van der Waals surface area (Å²) in [6.07, 6.45) is 1.36. The van der Waals surface area contributed by atoms with Gasteiger partial charge in [0.05, 0.1) is 11.7 Å². The average molecular weight is 429 g/mol. The van der Waals surface area contributed by atoms with Crippen LogP contribution >= 0.6 is 22.7 Å². The minimum Gasteiger partial charge on any atom is -0.301 e. The number of nitrogens with zero attached hydrogens (tertiary/aromatic N) is 2. The van der Waals surface area contributed by atoms with Crippen molar-refractivity contribution in [3.63, 3.8) is 0 Å². The molecule has 0 aromatic carbocycles. The number of nitrogens with one attached hydrogen (secondary N) is 2. The van der Waals surface area contributed by atoms with E-state index >= 15 is 0 Å². The van der Waals surface area contributed by atoms with E-state index in [1.54, 1.807) is 17.5 Å². The van der Waals surface area contributed by atoms with Crippen LogP contribution in [0.4, 0.5) is 5.13 Å². The van der Waals surface area contributed by atoms with Crippen molar-refractivity contribution in [3.05, 3.63) is 28.1 Å². The van der Waals surface area contributed by atoms with Gasteiger partial charge >= 0.3 is 0 Å². The molecule has 1 amide bonds. The Bertz CT molecular complexity index is 865. The highest BCUT2D eigenvalue weighted by Crippen LogP contribution is 2.23. The van der Waals surface area contributed by atoms with Gasteiger partial charge in [-0.1, -0.05) is 6.07 Å². The Kier molecular flexibility index (Phi) is 6.32. The van der Waals surface area contributed by atoms with Crippen LogP contribution in [0.1, 0.15) is 30.3 Å². The van der Waals surface area contributed by atoms with Gasteiger partial charge in [0.2, 0.25) is 15.9 Å². The second kappa shape index (κ2) is 8.36. The number of sulfonamides is 1. The highest BCUT2D eigenvalue weighted by atomic mass is 32.2. The number of aryl methyl sites for hydroxylation is 2. The predicted molar refractivity (Wildman–Crippen MR) is 109 cm³/mol. The van der Waals surface area contributed by atoms with Gasteiger partial charge in [-0.05, 0) is 45.1 Å². The first-order valence-electron chi connectivity index (χ1n) is 8.81. The molecule has 1 aliphatic heterocycles. The normalized spacial score (nSPS) is 17.7. The number of carbonyl (C=O) groups excluding carboxylic acids is 1. The van der Waals surface area contributed by atoms with Gasteiger partial charge < -0.3 is 5.32 Å². The summed E-state index contributed by atoms with van der Waals surface area (Å²) in [7, 11) is -3.45. The van der Waals surface area contributed by atoms with E-state index in [4.69, 9.17) is 0 Å². The summed E-state index contributed by atoms with van der Waals surface area (Å²) in [5.41, 5.74) is 0.932. The third kappa shape index (κ3) is 4.94. The Hall–Kier alpha value is -1.33. The maximum Gasteiger partial charge on any atom is 0.250 e. The molecule has 1 fully saturated rings. The zero-order chi connectivity index (χ0) is 19.6. The molecule has 1 saturated heterocycles. The summed E-state index contributed by atoms with van der Waals surface area (Å²) >= 11 is 2.69. The fraction of sp³-hybridized carbons (Fsp3) is 0.529. The van der Waals surface area contributed by atoms with Crippen LogP contribution in [-0.4, -0.2) is 49.4 Å². The van der Waals surface area contributed by atoms with E-state index in [1.165, 1.54) is 22.7 Å². The number of hydrogen-bond acceptors (Lipinski definition) is 7. The number of hydrogen-bond donors (Lipinski definition) is 2. The van der Waals surface area contributed by atoms with E-state index in [9.17, 15) is 13.2 Å². The lowest BCUT2D eigenvalue weighted by Crippen LogP contribution is -2.50. The van der Waals surface area contributed by atoms with E-state index in [-0.39, 0.29) is 18.0 Å². The first kappa shape index (κ1) is 20.4. The van der Waals surface area contributed by atoms with Crippen LogP contribution in [0.25, 0.3) is 0 Å². The van der Waals surface area contributed by atoms with Gasteiger partial charge in [-0.3, -0.25) is 9.69 Å². The number of anilines is 1. The molecule has 0 radical (unpaired) electrons. The molecule has 1 atom stereocenters. The van der Waals surface area contributed by atoms with Crippen LogP contribution in [-0.2, 0) is 14.8 Å². The number of carbonyl (C=O) groups is 1. The van der Waals surface area contributed by atoms with Crippen LogP contribution in [0, 0.1) is 13.8 Å². The highest BCUT2D eigenvalue weighted by Gasteiger charge is 2.29. The fourth-order valence-corrected chi connectivity index (χ4v) is 6.13. The molecule has 2 N–H and O–H groups in total. The second-order valence-electron chi connectivity index (χ2n) is 6.69. The summed E-state index contributed by atoms with van der Waals surface area (Å²) in [5.74, 6) is -0.0821. The van der Waals surface area contributed by atoms with Gasteiger partial charge in [0, 0.05) is 24.0 Å². The quantitative estimate of drug-likeness (QED) is 0.738. The molecule has 27 heavy (non-hydrogen) atoms. The van der Waals surface area contributed by atoms with E-state index < -0.39 is 10.0 Å². The molecular formula is C17H24N4O3S3. The molecule has 1 aliphatic rings. The molecule has 10 heteroatoms. The van der Waals surface area contributed by atoms with E-state index in [1.807, 2.05) is 20.8 Å². The van der Waals surface area contributed by atoms with Crippen LogP contribution in [0.2, 0.25) is 0 Å². The predicted octanol–water partition coefficient (Wildman–Crippen LogP) is 2.59. The minimum atomic E-state index is -3.45. The van der Waals surface area contributed by atoms with E-state index in [0.717, 1.165) is 10.6 Å². The molecule has 0 bridgehead atoms. The number of amides is 1. The van der Waals surface area contributed by atoms with Crippen LogP contribution in [0.3, 0.4) is 0 Å². The van der Waals surface area contributed by atoms with Crippen molar-refractivity contribution in [1.29, 1.82) is 0 Å². The van der Waals surface area contributed by atoms with Crippen LogP contribution in [0.15, 0.2) is 21.7 Å². The lowest BCUT2D eigenvalue weighted by molar-refractivity contribution is -0.121. The molecule has 7 nitrogen and oxygen atoms in total. The molecule has 3 rings (SSSR count).